The summed E-state index contributed by atoms with van der Waals surface area (Å²) in [4.78, 5) is 36.9. The number of likely N-dealkylation sites (N-methyl/N-ethyl adjacent to an activating group) is 1. The van der Waals surface area contributed by atoms with E-state index in [1.165, 1.54) is 4.90 Å². The van der Waals surface area contributed by atoms with Crippen molar-refractivity contribution >= 4 is 25.3 Å². The molecule has 1 aliphatic rings. The molecule has 0 bridgehead atoms. The first-order valence-corrected chi connectivity index (χ1v) is 8.25. The highest BCUT2D eigenvalue weighted by atomic mass is 16.6. The molecule has 0 spiro atoms. The number of aldehydes is 1. The van der Waals surface area contributed by atoms with E-state index in [-0.39, 0.29) is 13.1 Å². The maximum atomic E-state index is 11.9. The second-order valence-corrected chi connectivity index (χ2v) is 6.17. The predicted octanol–water partition coefficient (Wildman–Crippen LogP) is 1.70. The largest absolute Gasteiger partial charge is 0.614 e. The molecule has 0 unspecified atom stereocenters. The molecule has 7 heteroatoms. The van der Waals surface area contributed by atoms with Gasteiger partial charge in [-0.1, -0.05) is 54.6 Å². The van der Waals surface area contributed by atoms with Crippen molar-refractivity contribution in [1.29, 1.82) is 0 Å². The highest BCUT2D eigenvalue weighted by molar-refractivity contribution is 6.54. The Labute approximate surface area is 151 Å². The summed E-state index contributed by atoms with van der Waals surface area (Å²) in [6.07, 6.45) is 0.633. The standard InChI is InChI=1S/C19H18BNO5/c1-21-11-18(23)25-20(26-19(24)12-21)17(13-22)16-9-7-15(8-10-16)14-5-3-2-4-6-14/h2-10,13,17H,11-12H2,1H3/t17-/m0/s1. The van der Waals surface area contributed by atoms with Crippen LogP contribution >= 0.6 is 0 Å². The van der Waals surface area contributed by atoms with E-state index in [1.54, 1.807) is 19.2 Å². The molecule has 2 aromatic rings. The summed E-state index contributed by atoms with van der Waals surface area (Å²) in [5.74, 6) is -1.97. The van der Waals surface area contributed by atoms with Gasteiger partial charge >= 0.3 is 19.1 Å². The molecule has 0 saturated carbocycles. The highest BCUT2D eigenvalue weighted by Crippen LogP contribution is 2.24. The zero-order chi connectivity index (χ0) is 18.5. The van der Waals surface area contributed by atoms with Crippen LogP contribution < -0.4 is 0 Å². The van der Waals surface area contributed by atoms with E-state index in [2.05, 4.69) is 0 Å². The molecule has 1 heterocycles. The van der Waals surface area contributed by atoms with Gasteiger partial charge in [-0.25, -0.2) is 0 Å². The Kier molecular flexibility index (Phi) is 5.48. The van der Waals surface area contributed by atoms with Crippen molar-refractivity contribution in [3.8, 4) is 11.1 Å². The highest BCUT2D eigenvalue weighted by Gasteiger charge is 2.40. The van der Waals surface area contributed by atoms with Gasteiger partial charge in [-0.15, -0.1) is 0 Å². The average molecular weight is 351 g/mol. The fourth-order valence-electron chi connectivity index (χ4n) is 2.83. The monoisotopic (exact) mass is 351 g/mol. The molecule has 1 aliphatic heterocycles. The quantitative estimate of drug-likeness (QED) is 0.617. The number of benzene rings is 2. The van der Waals surface area contributed by atoms with Gasteiger partial charge in [0.05, 0.1) is 13.1 Å². The van der Waals surface area contributed by atoms with Crippen molar-refractivity contribution < 1.29 is 23.7 Å². The molecule has 1 saturated heterocycles. The maximum absolute atomic E-state index is 11.9. The van der Waals surface area contributed by atoms with Crippen molar-refractivity contribution in [3.63, 3.8) is 0 Å². The van der Waals surface area contributed by atoms with Crippen molar-refractivity contribution in [1.82, 2.24) is 4.90 Å². The van der Waals surface area contributed by atoms with Crippen LogP contribution in [0.3, 0.4) is 0 Å². The third-order valence-corrected chi connectivity index (χ3v) is 4.14. The van der Waals surface area contributed by atoms with E-state index in [9.17, 15) is 14.4 Å². The molecule has 2 aromatic carbocycles. The fourth-order valence-corrected chi connectivity index (χ4v) is 2.83. The van der Waals surface area contributed by atoms with Gasteiger partial charge in [0.2, 0.25) is 0 Å². The molecule has 1 atom stereocenters. The van der Waals surface area contributed by atoms with Crippen LogP contribution in [0.2, 0.25) is 0 Å². The van der Waals surface area contributed by atoms with Crippen molar-refractivity contribution in [2.24, 2.45) is 0 Å². The summed E-state index contributed by atoms with van der Waals surface area (Å²) in [6, 6.07) is 17.1. The minimum Gasteiger partial charge on any atom is -0.498 e. The summed E-state index contributed by atoms with van der Waals surface area (Å²) >= 11 is 0. The molecule has 0 N–H and O–H groups in total. The smallest absolute Gasteiger partial charge is 0.498 e. The Bertz CT molecular complexity index is 773. The van der Waals surface area contributed by atoms with E-state index < -0.39 is 24.9 Å². The minimum absolute atomic E-state index is 0.0376. The van der Waals surface area contributed by atoms with Crippen LogP contribution in [0, 0.1) is 0 Å². The third-order valence-electron chi connectivity index (χ3n) is 4.14. The zero-order valence-electron chi connectivity index (χ0n) is 14.3. The molecule has 0 aromatic heterocycles. The number of hydrogen-bond donors (Lipinski definition) is 0. The Hall–Kier alpha value is -2.93. The van der Waals surface area contributed by atoms with Gasteiger partial charge in [0.25, 0.3) is 0 Å². The summed E-state index contributed by atoms with van der Waals surface area (Å²) in [7, 11) is 0.353. The Morgan fingerprint density at radius 2 is 1.46 bits per heavy atom. The number of rotatable bonds is 4. The first kappa shape index (κ1) is 17.9. The number of carbonyl (C=O) groups excluding carboxylic acids is 3. The van der Waals surface area contributed by atoms with E-state index in [0.717, 1.165) is 11.1 Å². The Balaban J connectivity index is 1.82. The molecule has 0 radical (unpaired) electrons. The summed E-state index contributed by atoms with van der Waals surface area (Å²) in [5, 5.41) is 0. The summed E-state index contributed by atoms with van der Waals surface area (Å²) < 4.78 is 10.4. The van der Waals surface area contributed by atoms with Crippen molar-refractivity contribution in [2.75, 3.05) is 20.1 Å². The van der Waals surface area contributed by atoms with Gasteiger partial charge in [0.15, 0.2) is 0 Å². The molecule has 0 amide bonds. The van der Waals surface area contributed by atoms with Crippen LogP contribution in [-0.2, 0) is 23.7 Å². The number of nitrogens with zero attached hydrogens (tertiary/aromatic N) is 1. The van der Waals surface area contributed by atoms with Crippen LogP contribution in [0.5, 0.6) is 0 Å². The van der Waals surface area contributed by atoms with Crippen LogP contribution in [0.1, 0.15) is 11.4 Å². The first-order valence-electron chi connectivity index (χ1n) is 8.25. The second kappa shape index (κ2) is 7.97. The van der Waals surface area contributed by atoms with Gasteiger partial charge < -0.3 is 14.1 Å². The molecule has 26 heavy (non-hydrogen) atoms. The van der Waals surface area contributed by atoms with Gasteiger partial charge in [-0.2, -0.15) is 0 Å². The van der Waals surface area contributed by atoms with Gasteiger partial charge in [0, 0.05) is 0 Å². The lowest BCUT2D eigenvalue weighted by Gasteiger charge is -2.25. The van der Waals surface area contributed by atoms with Gasteiger partial charge in [0.1, 0.15) is 12.1 Å². The molecule has 132 valence electrons. The maximum Gasteiger partial charge on any atom is 0.614 e. The van der Waals surface area contributed by atoms with E-state index in [4.69, 9.17) is 9.31 Å². The van der Waals surface area contributed by atoms with Crippen LogP contribution in [0.25, 0.3) is 11.1 Å². The summed E-state index contributed by atoms with van der Waals surface area (Å²) in [6.45, 7) is -0.0752. The lowest BCUT2D eigenvalue weighted by atomic mass is 9.68. The normalized spacial score (nSPS) is 16.9. The first-order chi connectivity index (χ1) is 12.6. The Morgan fingerprint density at radius 3 is 2.00 bits per heavy atom. The van der Waals surface area contributed by atoms with Crippen LogP contribution in [0.4, 0.5) is 0 Å². The second-order valence-electron chi connectivity index (χ2n) is 6.17. The lowest BCUT2D eigenvalue weighted by molar-refractivity contribution is -0.145. The fraction of sp³-hybridized carbons (Fsp3) is 0.211. The molecular weight excluding hydrogens is 333 g/mol. The van der Waals surface area contributed by atoms with Crippen molar-refractivity contribution in [2.45, 2.75) is 5.82 Å². The SMILES string of the molecule is CN1CC(=O)OB([C@@H](C=O)c2ccc(-c3ccccc3)cc2)OC(=O)C1. The lowest BCUT2D eigenvalue weighted by Crippen LogP contribution is -2.45. The van der Waals surface area contributed by atoms with Crippen molar-refractivity contribution in [3.05, 3.63) is 60.2 Å². The van der Waals surface area contributed by atoms with Gasteiger partial charge in [-0.3, -0.25) is 14.5 Å². The van der Waals surface area contributed by atoms with E-state index >= 15 is 0 Å². The van der Waals surface area contributed by atoms with Crippen LogP contribution in [-0.4, -0.2) is 50.4 Å². The average Bonchev–Trinajstić information content (AvgIpc) is 2.62. The van der Waals surface area contributed by atoms with Gasteiger partial charge in [-0.05, 0) is 23.7 Å². The zero-order valence-corrected chi connectivity index (χ0v) is 14.3. The molecule has 3 rings (SSSR count). The van der Waals surface area contributed by atoms with E-state index in [0.29, 0.717) is 11.8 Å². The number of hydrogen-bond acceptors (Lipinski definition) is 6. The Morgan fingerprint density at radius 1 is 0.923 bits per heavy atom. The summed E-state index contributed by atoms with van der Waals surface area (Å²) in [5.41, 5.74) is 2.65. The third kappa shape index (κ3) is 4.18. The van der Waals surface area contributed by atoms with E-state index in [1.807, 2.05) is 42.5 Å². The molecule has 0 aliphatic carbocycles. The molecule has 1 fully saturated rings. The van der Waals surface area contributed by atoms with Crippen LogP contribution in [0.15, 0.2) is 54.6 Å². The predicted molar refractivity (Wildman–Crippen MR) is 96.1 cm³/mol. The molecular formula is C19H18BNO5. The topological polar surface area (TPSA) is 72.9 Å². The molecule has 6 nitrogen and oxygen atoms in total. The number of carbonyl (C=O) groups is 3. The minimum atomic E-state index is -1.26.